The number of ketones is 1. The van der Waals surface area contributed by atoms with E-state index in [1.807, 2.05) is 24.3 Å². The van der Waals surface area contributed by atoms with Crippen molar-refractivity contribution in [1.29, 1.82) is 0 Å². The molecule has 0 aromatic heterocycles. The maximum Gasteiger partial charge on any atom is 0.174 e. The molecule has 3 unspecified atom stereocenters. The number of nitrogens with one attached hydrogen (secondary N) is 1. The van der Waals surface area contributed by atoms with Gasteiger partial charge in [0.15, 0.2) is 5.78 Å². The minimum Gasteiger partial charge on any atom is -0.492 e. The first-order chi connectivity index (χ1) is 8.75. The molecule has 0 bridgehead atoms. The molecule has 0 spiro atoms. The number of carbonyl (C=O) groups excluding carboxylic acids is 1. The Kier molecular flexibility index (Phi) is 3.08. The van der Waals surface area contributed by atoms with E-state index in [4.69, 9.17) is 4.74 Å². The Bertz CT molecular complexity index is 458. The maximum absolute atomic E-state index is 12.5. The zero-order chi connectivity index (χ0) is 12.5. The number of rotatable bonds is 1. The molecular weight excluding hydrogens is 226 g/mol. The van der Waals surface area contributed by atoms with Gasteiger partial charge in [0.1, 0.15) is 5.75 Å². The average molecular weight is 245 g/mol. The third-order valence-electron chi connectivity index (χ3n) is 4.04. The Hall–Kier alpha value is -1.35. The van der Waals surface area contributed by atoms with Crippen molar-refractivity contribution in [3.8, 4) is 5.75 Å². The number of carbonyl (C=O) groups is 1. The van der Waals surface area contributed by atoms with Crippen molar-refractivity contribution in [3.05, 3.63) is 29.8 Å². The first-order valence-electron chi connectivity index (χ1n) is 6.78. The lowest BCUT2D eigenvalue weighted by Crippen LogP contribution is -2.50. The van der Waals surface area contributed by atoms with Gasteiger partial charge in [-0.05, 0) is 31.9 Å². The van der Waals surface area contributed by atoms with Crippen molar-refractivity contribution in [2.45, 2.75) is 38.3 Å². The molecule has 1 N–H and O–H groups in total. The van der Waals surface area contributed by atoms with Crippen LogP contribution in [-0.4, -0.2) is 24.5 Å². The van der Waals surface area contributed by atoms with Gasteiger partial charge < -0.3 is 10.1 Å². The van der Waals surface area contributed by atoms with Crippen molar-refractivity contribution >= 4 is 5.78 Å². The fourth-order valence-electron chi connectivity index (χ4n) is 3.04. The maximum atomic E-state index is 12.5. The van der Waals surface area contributed by atoms with Crippen molar-refractivity contribution in [2.75, 3.05) is 6.61 Å². The molecule has 2 heterocycles. The molecule has 2 aliphatic rings. The van der Waals surface area contributed by atoms with Gasteiger partial charge in [-0.15, -0.1) is 0 Å². The third-order valence-corrected chi connectivity index (χ3v) is 4.04. The second kappa shape index (κ2) is 4.73. The van der Waals surface area contributed by atoms with Crippen LogP contribution in [0.1, 0.15) is 36.5 Å². The predicted molar refractivity (Wildman–Crippen MR) is 70.0 cm³/mol. The molecular formula is C15H19NO2. The Morgan fingerprint density at radius 2 is 2.11 bits per heavy atom. The molecule has 1 aromatic rings. The highest BCUT2D eigenvalue weighted by Crippen LogP contribution is 2.30. The zero-order valence-corrected chi connectivity index (χ0v) is 10.7. The highest BCUT2D eigenvalue weighted by Gasteiger charge is 2.36. The number of ether oxygens (including phenoxy) is 1. The third kappa shape index (κ3) is 2.03. The summed E-state index contributed by atoms with van der Waals surface area (Å²) in [6.45, 7) is 2.70. The summed E-state index contributed by atoms with van der Waals surface area (Å²) in [5.41, 5.74) is 0.744. The van der Waals surface area contributed by atoms with E-state index >= 15 is 0 Å². The topological polar surface area (TPSA) is 38.3 Å². The zero-order valence-electron chi connectivity index (χ0n) is 10.7. The summed E-state index contributed by atoms with van der Waals surface area (Å²) in [4.78, 5) is 12.5. The van der Waals surface area contributed by atoms with Crippen molar-refractivity contribution < 1.29 is 9.53 Å². The molecule has 2 aliphatic heterocycles. The van der Waals surface area contributed by atoms with Crippen LogP contribution in [0.4, 0.5) is 0 Å². The lowest BCUT2D eigenvalue weighted by Gasteiger charge is -2.36. The summed E-state index contributed by atoms with van der Waals surface area (Å²) in [5.74, 6) is 0.953. The molecule has 1 fully saturated rings. The normalized spacial score (nSPS) is 31.6. The van der Waals surface area contributed by atoms with Gasteiger partial charge in [-0.25, -0.2) is 0 Å². The van der Waals surface area contributed by atoms with E-state index < -0.39 is 0 Å². The SMILES string of the molecule is CC1CCCC(C2COc3ccccc3C2=O)N1. The Balaban J connectivity index is 1.82. The van der Waals surface area contributed by atoms with Crippen LogP contribution in [0.15, 0.2) is 24.3 Å². The van der Waals surface area contributed by atoms with Crippen LogP contribution < -0.4 is 10.1 Å². The Morgan fingerprint density at radius 1 is 1.28 bits per heavy atom. The number of para-hydroxylation sites is 1. The van der Waals surface area contributed by atoms with Crippen molar-refractivity contribution in [1.82, 2.24) is 5.32 Å². The number of benzene rings is 1. The van der Waals surface area contributed by atoms with Crippen LogP contribution in [0.5, 0.6) is 5.75 Å². The minimum absolute atomic E-state index is 0.0253. The molecule has 0 aliphatic carbocycles. The smallest absolute Gasteiger partial charge is 0.174 e. The molecule has 3 heteroatoms. The fraction of sp³-hybridized carbons (Fsp3) is 0.533. The van der Waals surface area contributed by atoms with Gasteiger partial charge in [0.25, 0.3) is 0 Å². The number of piperidine rings is 1. The molecule has 3 rings (SSSR count). The van der Waals surface area contributed by atoms with E-state index in [2.05, 4.69) is 12.2 Å². The van der Waals surface area contributed by atoms with E-state index in [1.165, 1.54) is 12.8 Å². The van der Waals surface area contributed by atoms with Gasteiger partial charge in [0.05, 0.1) is 18.1 Å². The summed E-state index contributed by atoms with van der Waals surface area (Å²) < 4.78 is 5.73. The van der Waals surface area contributed by atoms with Gasteiger partial charge in [0, 0.05) is 12.1 Å². The summed E-state index contributed by atoms with van der Waals surface area (Å²) in [7, 11) is 0. The molecule has 3 atom stereocenters. The molecule has 0 radical (unpaired) electrons. The highest BCUT2D eigenvalue weighted by molar-refractivity contribution is 6.01. The van der Waals surface area contributed by atoms with E-state index in [9.17, 15) is 4.79 Å². The monoisotopic (exact) mass is 245 g/mol. The van der Waals surface area contributed by atoms with Crippen LogP contribution >= 0.6 is 0 Å². The Morgan fingerprint density at radius 3 is 2.94 bits per heavy atom. The molecule has 3 nitrogen and oxygen atoms in total. The molecule has 0 saturated carbocycles. The molecule has 0 amide bonds. The first kappa shape index (κ1) is 11.7. The van der Waals surface area contributed by atoms with Crippen LogP contribution in [0.3, 0.4) is 0 Å². The standard InChI is InChI=1S/C15H19NO2/c1-10-5-4-7-13(16-10)12-9-18-14-8-3-2-6-11(14)15(12)17/h2-3,6,8,10,12-13,16H,4-5,7,9H2,1H3. The lowest BCUT2D eigenvalue weighted by molar-refractivity contribution is 0.0748. The van der Waals surface area contributed by atoms with Gasteiger partial charge >= 0.3 is 0 Å². The summed E-state index contributed by atoms with van der Waals surface area (Å²) in [6, 6.07) is 8.34. The van der Waals surface area contributed by atoms with E-state index in [-0.39, 0.29) is 17.7 Å². The number of hydrogen-bond donors (Lipinski definition) is 1. The van der Waals surface area contributed by atoms with Crippen LogP contribution in [0.2, 0.25) is 0 Å². The first-order valence-corrected chi connectivity index (χ1v) is 6.78. The van der Waals surface area contributed by atoms with Crippen LogP contribution in [0, 0.1) is 5.92 Å². The van der Waals surface area contributed by atoms with Gasteiger partial charge in [-0.1, -0.05) is 18.6 Å². The van der Waals surface area contributed by atoms with Crippen LogP contribution in [0.25, 0.3) is 0 Å². The van der Waals surface area contributed by atoms with Crippen LogP contribution in [-0.2, 0) is 0 Å². The number of fused-ring (bicyclic) bond motifs is 1. The second-order valence-corrected chi connectivity index (χ2v) is 5.38. The summed E-state index contributed by atoms with van der Waals surface area (Å²) >= 11 is 0. The van der Waals surface area contributed by atoms with Crippen molar-refractivity contribution in [3.63, 3.8) is 0 Å². The van der Waals surface area contributed by atoms with Gasteiger partial charge in [0.2, 0.25) is 0 Å². The Labute approximate surface area is 108 Å². The molecule has 1 saturated heterocycles. The highest BCUT2D eigenvalue weighted by atomic mass is 16.5. The molecule has 1 aromatic carbocycles. The quantitative estimate of drug-likeness (QED) is 0.825. The second-order valence-electron chi connectivity index (χ2n) is 5.38. The van der Waals surface area contributed by atoms with Crippen molar-refractivity contribution in [2.24, 2.45) is 5.92 Å². The summed E-state index contributed by atoms with van der Waals surface area (Å²) in [5, 5.41) is 3.55. The predicted octanol–water partition coefficient (Wildman–Crippen LogP) is 2.41. The summed E-state index contributed by atoms with van der Waals surface area (Å²) in [6.07, 6.45) is 3.48. The largest absolute Gasteiger partial charge is 0.492 e. The number of hydrogen-bond acceptors (Lipinski definition) is 3. The van der Waals surface area contributed by atoms with E-state index in [1.54, 1.807) is 0 Å². The lowest BCUT2D eigenvalue weighted by atomic mass is 9.84. The minimum atomic E-state index is -0.0253. The molecule has 96 valence electrons. The van der Waals surface area contributed by atoms with Gasteiger partial charge in [-0.2, -0.15) is 0 Å². The van der Waals surface area contributed by atoms with E-state index in [0.29, 0.717) is 12.6 Å². The molecule has 18 heavy (non-hydrogen) atoms. The fourth-order valence-corrected chi connectivity index (χ4v) is 3.04. The number of Topliss-reactive ketones (excluding diaryl/α,β-unsaturated/α-hetero) is 1. The van der Waals surface area contributed by atoms with Gasteiger partial charge in [-0.3, -0.25) is 4.79 Å². The average Bonchev–Trinajstić information content (AvgIpc) is 2.39. The van der Waals surface area contributed by atoms with E-state index in [0.717, 1.165) is 17.7 Å².